The van der Waals surface area contributed by atoms with Gasteiger partial charge in [-0.15, -0.1) is 0 Å². The Balaban J connectivity index is 1.47. The number of hydrogen-bond acceptors (Lipinski definition) is 4. The molecule has 0 spiro atoms. The molecule has 2 aromatic heterocycles. The molecular weight excluding hydrogens is 328 g/mol. The van der Waals surface area contributed by atoms with Crippen molar-refractivity contribution in [3.8, 4) is 0 Å². The minimum absolute atomic E-state index is 0.0793. The zero-order chi connectivity index (χ0) is 17.9. The molecule has 1 amide bonds. The largest absolute Gasteiger partial charge is 0.382 e. The SMILES string of the molecule is O=C(Cc1cccnc1)N1CCn2nc([C@H](O)c3ccccc3)cc2C1. The Morgan fingerprint density at radius 1 is 1.15 bits per heavy atom. The second-order valence-corrected chi connectivity index (χ2v) is 6.45. The highest BCUT2D eigenvalue weighted by atomic mass is 16.3. The highest BCUT2D eigenvalue weighted by molar-refractivity contribution is 5.78. The topological polar surface area (TPSA) is 71.2 Å². The molecule has 3 heterocycles. The van der Waals surface area contributed by atoms with Crippen molar-refractivity contribution in [1.82, 2.24) is 19.7 Å². The number of nitrogens with zero attached hydrogens (tertiary/aromatic N) is 4. The molecule has 3 aromatic rings. The molecule has 1 aromatic carbocycles. The van der Waals surface area contributed by atoms with Crippen LogP contribution in [-0.2, 0) is 24.3 Å². The van der Waals surface area contributed by atoms with E-state index in [0.29, 0.717) is 31.7 Å². The van der Waals surface area contributed by atoms with Crippen molar-refractivity contribution in [2.75, 3.05) is 6.54 Å². The molecule has 0 saturated carbocycles. The summed E-state index contributed by atoms with van der Waals surface area (Å²) in [6.45, 7) is 1.76. The van der Waals surface area contributed by atoms with Gasteiger partial charge in [-0.1, -0.05) is 36.4 Å². The van der Waals surface area contributed by atoms with Crippen LogP contribution in [0, 0.1) is 0 Å². The molecule has 1 atom stereocenters. The van der Waals surface area contributed by atoms with E-state index in [1.807, 2.05) is 58.1 Å². The van der Waals surface area contributed by atoms with E-state index in [2.05, 4.69) is 10.1 Å². The molecule has 0 saturated heterocycles. The Bertz CT molecular complexity index is 893. The summed E-state index contributed by atoms with van der Waals surface area (Å²) in [5, 5.41) is 15.1. The number of carbonyl (C=O) groups is 1. The maximum atomic E-state index is 12.6. The van der Waals surface area contributed by atoms with Crippen LogP contribution in [0.1, 0.15) is 28.6 Å². The molecule has 0 fully saturated rings. The lowest BCUT2D eigenvalue weighted by atomic mass is 10.1. The van der Waals surface area contributed by atoms with Crippen LogP contribution in [0.4, 0.5) is 0 Å². The summed E-state index contributed by atoms with van der Waals surface area (Å²) in [5.74, 6) is 0.0793. The Morgan fingerprint density at radius 2 is 2.00 bits per heavy atom. The number of fused-ring (bicyclic) bond motifs is 1. The van der Waals surface area contributed by atoms with Crippen molar-refractivity contribution >= 4 is 5.91 Å². The Kier molecular flexibility index (Phi) is 4.50. The fourth-order valence-corrected chi connectivity index (χ4v) is 3.23. The molecule has 132 valence electrons. The number of carbonyl (C=O) groups excluding carboxylic acids is 1. The van der Waals surface area contributed by atoms with E-state index >= 15 is 0 Å². The molecular formula is C20H20N4O2. The molecule has 4 rings (SSSR count). The molecule has 6 nitrogen and oxygen atoms in total. The number of aliphatic hydroxyl groups excluding tert-OH is 1. The first-order valence-corrected chi connectivity index (χ1v) is 8.67. The molecule has 1 aliphatic heterocycles. The predicted octanol–water partition coefficient (Wildman–Crippen LogP) is 1.94. The van der Waals surface area contributed by atoms with Crippen molar-refractivity contribution in [1.29, 1.82) is 0 Å². The fourth-order valence-electron chi connectivity index (χ4n) is 3.23. The molecule has 26 heavy (non-hydrogen) atoms. The van der Waals surface area contributed by atoms with E-state index < -0.39 is 6.10 Å². The van der Waals surface area contributed by atoms with Crippen LogP contribution < -0.4 is 0 Å². The monoisotopic (exact) mass is 348 g/mol. The van der Waals surface area contributed by atoms with Gasteiger partial charge in [0.25, 0.3) is 0 Å². The number of aliphatic hydroxyl groups is 1. The molecule has 6 heteroatoms. The highest BCUT2D eigenvalue weighted by Crippen LogP contribution is 2.23. The van der Waals surface area contributed by atoms with Crippen molar-refractivity contribution in [2.24, 2.45) is 0 Å². The van der Waals surface area contributed by atoms with Crippen LogP contribution in [0.15, 0.2) is 60.9 Å². The minimum atomic E-state index is -0.756. The van der Waals surface area contributed by atoms with Crippen molar-refractivity contribution in [3.05, 3.63) is 83.4 Å². The van der Waals surface area contributed by atoms with E-state index in [9.17, 15) is 9.90 Å². The maximum Gasteiger partial charge on any atom is 0.227 e. The summed E-state index contributed by atoms with van der Waals surface area (Å²) in [5.41, 5.74) is 3.29. The van der Waals surface area contributed by atoms with Crippen LogP contribution >= 0.6 is 0 Å². The number of benzene rings is 1. The number of aromatic nitrogens is 3. The van der Waals surface area contributed by atoms with Crippen LogP contribution in [0.25, 0.3) is 0 Å². The standard InChI is InChI=1S/C20H20N4O2/c25-19(11-15-5-4-8-21-13-15)23-9-10-24-17(14-23)12-18(22-24)20(26)16-6-2-1-3-7-16/h1-8,12-13,20,26H,9-11,14H2/t20-/m1/s1. The van der Waals surface area contributed by atoms with Crippen molar-refractivity contribution < 1.29 is 9.90 Å². The van der Waals surface area contributed by atoms with Crippen molar-refractivity contribution in [2.45, 2.75) is 25.6 Å². The van der Waals surface area contributed by atoms with Gasteiger partial charge in [-0.3, -0.25) is 14.5 Å². The Morgan fingerprint density at radius 3 is 2.77 bits per heavy atom. The van der Waals surface area contributed by atoms with Crippen LogP contribution in [0.2, 0.25) is 0 Å². The van der Waals surface area contributed by atoms with E-state index in [1.54, 1.807) is 12.4 Å². The van der Waals surface area contributed by atoms with Gasteiger partial charge < -0.3 is 10.0 Å². The zero-order valence-electron chi connectivity index (χ0n) is 14.3. The first-order chi connectivity index (χ1) is 12.7. The first kappa shape index (κ1) is 16.5. The molecule has 0 bridgehead atoms. The highest BCUT2D eigenvalue weighted by Gasteiger charge is 2.24. The normalized spacial score (nSPS) is 14.7. The van der Waals surface area contributed by atoms with Gasteiger partial charge in [-0.25, -0.2) is 0 Å². The zero-order valence-corrected chi connectivity index (χ0v) is 14.3. The smallest absolute Gasteiger partial charge is 0.227 e. The van der Waals surface area contributed by atoms with E-state index in [0.717, 1.165) is 16.8 Å². The first-order valence-electron chi connectivity index (χ1n) is 8.67. The number of amides is 1. The van der Waals surface area contributed by atoms with Gasteiger partial charge in [0, 0.05) is 18.9 Å². The molecule has 0 unspecified atom stereocenters. The molecule has 1 aliphatic rings. The summed E-state index contributed by atoms with van der Waals surface area (Å²) >= 11 is 0. The van der Waals surface area contributed by atoms with E-state index in [1.165, 1.54) is 0 Å². The van der Waals surface area contributed by atoms with Crippen LogP contribution in [-0.4, -0.2) is 37.2 Å². The third kappa shape index (κ3) is 3.36. The Hall–Kier alpha value is -2.99. The summed E-state index contributed by atoms with van der Waals surface area (Å²) in [7, 11) is 0. The lowest BCUT2D eigenvalue weighted by Crippen LogP contribution is -2.39. The fraction of sp³-hybridized carbons (Fsp3) is 0.250. The lowest BCUT2D eigenvalue weighted by Gasteiger charge is -2.27. The van der Waals surface area contributed by atoms with Gasteiger partial charge in [0.1, 0.15) is 6.10 Å². The number of rotatable bonds is 4. The summed E-state index contributed by atoms with van der Waals surface area (Å²) in [6.07, 6.45) is 3.02. The van der Waals surface area contributed by atoms with E-state index in [4.69, 9.17) is 0 Å². The predicted molar refractivity (Wildman–Crippen MR) is 96.1 cm³/mol. The second-order valence-electron chi connectivity index (χ2n) is 6.45. The lowest BCUT2D eigenvalue weighted by molar-refractivity contribution is -0.132. The third-order valence-corrected chi connectivity index (χ3v) is 4.64. The Labute approximate surface area is 151 Å². The van der Waals surface area contributed by atoms with Crippen molar-refractivity contribution in [3.63, 3.8) is 0 Å². The minimum Gasteiger partial charge on any atom is -0.382 e. The summed E-state index contributed by atoms with van der Waals surface area (Å²) in [4.78, 5) is 18.5. The van der Waals surface area contributed by atoms with Gasteiger partial charge in [-0.2, -0.15) is 5.10 Å². The summed E-state index contributed by atoms with van der Waals surface area (Å²) in [6, 6.07) is 15.1. The molecule has 0 radical (unpaired) electrons. The molecule has 0 aliphatic carbocycles. The second kappa shape index (κ2) is 7.09. The average Bonchev–Trinajstić information content (AvgIpc) is 3.12. The van der Waals surface area contributed by atoms with Gasteiger partial charge in [-0.05, 0) is 23.3 Å². The van der Waals surface area contributed by atoms with E-state index in [-0.39, 0.29) is 5.91 Å². The number of hydrogen-bond donors (Lipinski definition) is 1. The maximum absolute atomic E-state index is 12.6. The number of pyridine rings is 1. The van der Waals surface area contributed by atoms with Gasteiger partial charge in [0.2, 0.25) is 5.91 Å². The van der Waals surface area contributed by atoms with Gasteiger partial charge in [0.15, 0.2) is 0 Å². The van der Waals surface area contributed by atoms with Crippen LogP contribution in [0.3, 0.4) is 0 Å². The van der Waals surface area contributed by atoms with Crippen LogP contribution in [0.5, 0.6) is 0 Å². The van der Waals surface area contributed by atoms with Gasteiger partial charge in [0.05, 0.1) is 30.9 Å². The average molecular weight is 348 g/mol. The quantitative estimate of drug-likeness (QED) is 0.782. The third-order valence-electron chi connectivity index (χ3n) is 4.64. The molecule has 1 N–H and O–H groups in total. The summed E-state index contributed by atoms with van der Waals surface area (Å²) < 4.78 is 1.88. The van der Waals surface area contributed by atoms with Gasteiger partial charge >= 0.3 is 0 Å².